The number of carbonyl (C=O) groups excluding carboxylic acids is 3. The molecule has 0 aromatic heterocycles. The zero-order chi connectivity index (χ0) is 27.9. The van der Waals surface area contributed by atoms with Gasteiger partial charge in [-0.15, -0.1) is 0 Å². The van der Waals surface area contributed by atoms with E-state index in [9.17, 15) is 29.4 Å². The number of rotatable bonds is 10. The summed E-state index contributed by atoms with van der Waals surface area (Å²) in [7, 11) is 1.17. The van der Waals surface area contributed by atoms with E-state index in [0.717, 1.165) is 11.1 Å². The van der Waals surface area contributed by atoms with Gasteiger partial charge in [-0.05, 0) is 61.1 Å². The van der Waals surface area contributed by atoms with Crippen LogP contribution in [0.5, 0.6) is 11.5 Å². The van der Waals surface area contributed by atoms with Crippen LogP contribution in [0.3, 0.4) is 0 Å². The van der Waals surface area contributed by atoms with Gasteiger partial charge in [-0.2, -0.15) is 0 Å². The Morgan fingerprint density at radius 2 is 1.45 bits per heavy atom. The molecule has 3 rings (SSSR count). The lowest BCUT2D eigenvalue weighted by atomic mass is 9.72. The zero-order valence-corrected chi connectivity index (χ0v) is 21.6. The van der Waals surface area contributed by atoms with Crippen molar-refractivity contribution in [3.63, 3.8) is 0 Å². The highest BCUT2D eigenvalue weighted by Gasteiger charge is 2.49. The molecule has 4 N–H and O–H groups in total. The summed E-state index contributed by atoms with van der Waals surface area (Å²) in [6.07, 6.45) is 1.49. The number of nitrogens with one attached hydrogen (secondary N) is 1. The van der Waals surface area contributed by atoms with Crippen LogP contribution in [-0.2, 0) is 29.3 Å². The van der Waals surface area contributed by atoms with Crippen LogP contribution in [0.25, 0.3) is 0 Å². The molecule has 2 amide bonds. The fourth-order valence-electron chi connectivity index (χ4n) is 5.05. The molecule has 0 atom stereocenters. The second kappa shape index (κ2) is 12.0. The normalized spacial score (nSPS) is 14.9. The lowest BCUT2D eigenvalue weighted by molar-refractivity contribution is -0.164. The van der Waals surface area contributed by atoms with E-state index in [4.69, 9.17) is 9.84 Å². The Bertz CT molecular complexity index is 1110. The highest BCUT2D eigenvalue weighted by atomic mass is 16.5. The number of carbonyl (C=O) groups is 4. The molecule has 38 heavy (non-hydrogen) atoms. The van der Waals surface area contributed by atoms with Crippen LogP contribution < -0.4 is 5.32 Å². The summed E-state index contributed by atoms with van der Waals surface area (Å²) < 4.78 is 4.84. The minimum Gasteiger partial charge on any atom is -0.508 e. The molecule has 10 nitrogen and oxygen atoms in total. The first-order valence-corrected chi connectivity index (χ1v) is 12.5. The van der Waals surface area contributed by atoms with Crippen molar-refractivity contribution in [1.82, 2.24) is 10.2 Å². The number of phenolic OH excluding ortho intramolecular Hbond substituents is 2. The molecule has 1 saturated heterocycles. The van der Waals surface area contributed by atoms with Crippen molar-refractivity contribution in [2.24, 2.45) is 5.41 Å². The number of carboxylic acid groups (broad SMARTS) is 1. The van der Waals surface area contributed by atoms with Gasteiger partial charge in [0.1, 0.15) is 23.5 Å². The van der Waals surface area contributed by atoms with Crippen LogP contribution in [-0.4, -0.2) is 70.7 Å². The number of likely N-dealkylation sites (tertiary alicyclic amines) is 1. The summed E-state index contributed by atoms with van der Waals surface area (Å²) in [5.41, 5.74) is -0.0911. The van der Waals surface area contributed by atoms with E-state index in [-0.39, 0.29) is 49.8 Å². The number of aliphatic carboxylic acids is 1. The highest BCUT2D eigenvalue weighted by molar-refractivity contribution is 6.03. The van der Waals surface area contributed by atoms with E-state index in [2.05, 4.69) is 12.2 Å². The molecule has 204 valence electrons. The average Bonchev–Trinajstić information content (AvgIpc) is 2.91. The minimum absolute atomic E-state index is 0.0373. The molecule has 0 saturated carbocycles. The van der Waals surface area contributed by atoms with Crippen LogP contribution in [0.2, 0.25) is 0 Å². The molecule has 0 radical (unpaired) electrons. The number of esters is 1. The number of piperidine rings is 1. The number of ether oxygens (including phenoxy) is 1. The molecular formula is C28H34N2O8. The van der Waals surface area contributed by atoms with Crippen molar-refractivity contribution < 1.29 is 39.2 Å². The third-order valence-electron chi connectivity index (χ3n) is 7.46. The SMILES string of the molecule is COC(=O)C1(C(=O)NCC(=O)O)CCN(C(=O)CCCC(C)(c2ccc(O)cc2)c2ccc(O)cc2)CC1. The van der Waals surface area contributed by atoms with Crippen LogP contribution >= 0.6 is 0 Å². The molecule has 2 aromatic rings. The Morgan fingerprint density at radius 3 is 1.89 bits per heavy atom. The summed E-state index contributed by atoms with van der Waals surface area (Å²) in [6.45, 7) is 1.78. The predicted molar refractivity (Wildman–Crippen MR) is 137 cm³/mol. The lowest BCUT2D eigenvalue weighted by Crippen LogP contribution is -2.55. The maximum atomic E-state index is 13.0. The molecule has 2 aromatic carbocycles. The Labute approximate surface area is 221 Å². The molecule has 10 heteroatoms. The van der Waals surface area contributed by atoms with E-state index in [1.807, 2.05) is 24.3 Å². The number of aromatic hydroxyl groups is 2. The summed E-state index contributed by atoms with van der Waals surface area (Å²) in [5, 5.41) is 30.6. The van der Waals surface area contributed by atoms with Crippen molar-refractivity contribution in [2.75, 3.05) is 26.7 Å². The van der Waals surface area contributed by atoms with Crippen LogP contribution in [0.4, 0.5) is 0 Å². The first kappa shape index (κ1) is 28.5. The maximum Gasteiger partial charge on any atom is 0.322 e. The third kappa shape index (κ3) is 6.24. The monoisotopic (exact) mass is 526 g/mol. The highest BCUT2D eigenvalue weighted by Crippen LogP contribution is 2.39. The van der Waals surface area contributed by atoms with E-state index >= 15 is 0 Å². The van der Waals surface area contributed by atoms with Gasteiger partial charge in [-0.25, -0.2) is 0 Å². The maximum absolute atomic E-state index is 13.0. The van der Waals surface area contributed by atoms with Crippen molar-refractivity contribution in [3.05, 3.63) is 59.7 Å². The number of nitrogens with zero attached hydrogens (tertiary/aromatic N) is 1. The predicted octanol–water partition coefficient (Wildman–Crippen LogP) is 2.56. The van der Waals surface area contributed by atoms with Gasteiger partial charge in [-0.1, -0.05) is 31.2 Å². The van der Waals surface area contributed by atoms with Crippen molar-refractivity contribution in [1.29, 1.82) is 0 Å². The number of methoxy groups -OCH3 is 1. The Balaban J connectivity index is 1.66. The second-order valence-corrected chi connectivity index (χ2v) is 9.81. The number of carboxylic acids is 1. The van der Waals surface area contributed by atoms with Gasteiger partial charge in [0, 0.05) is 24.9 Å². The van der Waals surface area contributed by atoms with Crippen molar-refractivity contribution >= 4 is 23.8 Å². The van der Waals surface area contributed by atoms with Crippen LogP contribution in [0, 0.1) is 5.41 Å². The molecular weight excluding hydrogens is 492 g/mol. The summed E-state index contributed by atoms with van der Waals surface area (Å²) >= 11 is 0. The van der Waals surface area contributed by atoms with Crippen molar-refractivity contribution in [2.45, 2.75) is 44.4 Å². The third-order valence-corrected chi connectivity index (χ3v) is 7.46. The van der Waals surface area contributed by atoms with E-state index in [1.165, 1.54) is 7.11 Å². The van der Waals surface area contributed by atoms with Gasteiger partial charge in [0.2, 0.25) is 11.8 Å². The quantitative estimate of drug-likeness (QED) is 0.272. The molecule has 1 aliphatic rings. The van der Waals surface area contributed by atoms with Gasteiger partial charge in [0.05, 0.1) is 7.11 Å². The largest absolute Gasteiger partial charge is 0.508 e. The van der Waals surface area contributed by atoms with Crippen LogP contribution in [0.1, 0.15) is 50.2 Å². The average molecular weight is 527 g/mol. The first-order valence-electron chi connectivity index (χ1n) is 12.5. The van der Waals surface area contributed by atoms with Gasteiger partial charge < -0.3 is 30.3 Å². The number of phenols is 2. The minimum atomic E-state index is -1.53. The van der Waals surface area contributed by atoms with Gasteiger partial charge >= 0.3 is 11.9 Å². The Kier molecular flexibility index (Phi) is 8.98. The fraction of sp³-hybridized carbons (Fsp3) is 0.429. The Morgan fingerprint density at radius 1 is 0.947 bits per heavy atom. The summed E-state index contributed by atoms with van der Waals surface area (Å²) in [4.78, 5) is 50.7. The number of hydrogen-bond donors (Lipinski definition) is 4. The topological polar surface area (TPSA) is 153 Å². The molecule has 1 heterocycles. The smallest absolute Gasteiger partial charge is 0.322 e. The molecule has 0 unspecified atom stereocenters. The lowest BCUT2D eigenvalue weighted by Gasteiger charge is -2.38. The summed E-state index contributed by atoms with van der Waals surface area (Å²) in [5.74, 6) is -2.47. The first-order chi connectivity index (χ1) is 18.0. The zero-order valence-electron chi connectivity index (χ0n) is 21.6. The van der Waals surface area contributed by atoms with Crippen molar-refractivity contribution in [3.8, 4) is 11.5 Å². The second-order valence-electron chi connectivity index (χ2n) is 9.81. The molecule has 1 fully saturated rings. The Hall–Kier alpha value is -4.08. The number of amides is 2. The standard InChI is InChI=1S/C28H34N2O8/c1-27(19-5-9-21(31)10-6-19,20-7-11-22(32)12-8-20)13-3-4-23(33)30-16-14-28(15-17-30,26(37)38-2)25(36)29-18-24(34)35/h5-12,31-32H,3-4,13-18H2,1-2H3,(H,29,36)(H,34,35). The number of hydrogen-bond acceptors (Lipinski definition) is 7. The van der Waals surface area contributed by atoms with Crippen LogP contribution in [0.15, 0.2) is 48.5 Å². The van der Waals surface area contributed by atoms with Gasteiger partial charge in [0.25, 0.3) is 0 Å². The molecule has 1 aliphatic heterocycles. The fourth-order valence-corrected chi connectivity index (χ4v) is 5.05. The molecule has 0 aliphatic carbocycles. The van der Waals surface area contributed by atoms with E-state index < -0.39 is 35.2 Å². The number of benzene rings is 2. The molecule has 0 spiro atoms. The van der Waals surface area contributed by atoms with Gasteiger partial charge in [0.15, 0.2) is 0 Å². The van der Waals surface area contributed by atoms with Gasteiger partial charge in [-0.3, -0.25) is 19.2 Å². The molecule has 0 bridgehead atoms. The summed E-state index contributed by atoms with van der Waals surface area (Å²) in [6, 6.07) is 13.8. The van der Waals surface area contributed by atoms with E-state index in [0.29, 0.717) is 12.8 Å². The van der Waals surface area contributed by atoms with E-state index in [1.54, 1.807) is 29.2 Å².